The number of carbonyl (C=O) groups excluding carboxylic acids is 1. The Kier molecular flexibility index (Phi) is 5.79. The zero-order valence-electron chi connectivity index (χ0n) is 11.9. The number of nitro groups is 1. The Labute approximate surface area is 125 Å². The van der Waals surface area contributed by atoms with E-state index in [0.717, 1.165) is 18.2 Å². The maximum atomic E-state index is 13.3. The second-order valence-corrected chi connectivity index (χ2v) is 4.79. The van der Waals surface area contributed by atoms with Gasteiger partial charge in [0.15, 0.2) is 6.61 Å². The number of aliphatic carboxylic acids is 1. The van der Waals surface area contributed by atoms with E-state index in [1.807, 2.05) is 0 Å². The molecule has 0 radical (unpaired) electrons. The van der Waals surface area contributed by atoms with Gasteiger partial charge in [0.1, 0.15) is 11.8 Å². The van der Waals surface area contributed by atoms with Gasteiger partial charge >= 0.3 is 11.7 Å². The monoisotopic (exact) mass is 314 g/mol. The number of amides is 1. The highest BCUT2D eigenvalue weighted by Crippen LogP contribution is 2.22. The van der Waals surface area contributed by atoms with E-state index in [-0.39, 0.29) is 11.7 Å². The van der Waals surface area contributed by atoms with E-state index in [1.54, 1.807) is 13.8 Å². The van der Waals surface area contributed by atoms with Crippen molar-refractivity contribution < 1.29 is 28.7 Å². The minimum absolute atomic E-state index is 0.0744. The molecule has 1 amide bonds. The van der Waals surface area contributed by atoms with Crippen molar-refractivity contribution in [3.8, 4) is 5.75 Å². The first-order chi connectivity index (χ1) is 10.2. The van der Waals surface area contributed by atoms with E-state index in [9.17, 15) is 24.1 Å². The number of rotatable bonds is 7. The Morgan fingerprint density at radius 1 is 1.45 bits per heavy atom. The zero-order valence-corrected chi connectivity index (χ0v) is 11.9. The lowest BCUT2D eigenvalue weighted by Gasteiger charge is -2.17. The first kappa shape index (κ1) is 17.3. The fourth-order valence-electron chi connectivity index (χ4n) is 1.60. The van der Waals surface area contributed by atoms with Crippen LogP contribution in [0.4, 0.5) is 10.1 Å². The number of hydrogen-bond donors (Lipinski definition) is 2. The molecule has 0 saturated carbocycles. The van der Waals surface area contributed by atoms with Crippen molar-refractivity contribution in [2.75, 3.05) is 6.61 Å². The van der Waals surface area contributed by atoms with Crippen LogP contribution in [0.1, 0.15) is 13.8 Å². The van der Waals surface area contributed by atoms with Gasteiger partial charge in [-0.2, -0.15) is 4.39 Å². The van der Waals surface area contributed by atoms with Crippen LogP contribution in [0.2, 0.25) is 0 Å². The van der Waals surface area contributed by atoms with Gasteiger partial charge in [-0.05, 0) is 12.0 Å². The third kappa shape index (κ3) is 4.69. The topological polar surface area (TPSA) is 119 Å². The SMILES string of the molecule is CC(C)[C@H](NC(=O)COc1ccc([N+](=O)[O-])c(F)c1)C(=O)O. The van der Waals surface area contributed by atoms with Crippen molar-refractivity contribution in [1.82, 2.24) is 5.32 Å². The lowest BCUT2D eigenvalue weighted by atomic mass is 10.1. The van der Waals surface area contributed by atoms with Gasteiger partial charge < -0.3 is 15.2 Å². The lowest BCUT2D eigenvalue weighted by molar-refractivity contribution is -0.387. The van der Waals surface area contributed by atoms with Crippen molar-refractivity contribution >= 4 is 17.6 Å². The Morgan fingerprint density at radius 2 is 2.09 bits per heavy atom. The van der Waals surface area contributed by atoms with Crippen LogP contribution in [0, 0.1) is 21.8 Å². The second kappa shape index (κ2) is 7.34. The molecule has 0 unspecified atom stereocenters. The molecule has 1 atom stereocenters. The summed E-state index contributed by atoms with van der Waals surface area (Å²) in [5, 5.41) is 21.6. The smallest absolute Gasteiger partial charge is 0.326 e. The highest BCUT2D eigenvalue weighted by Gasteiger charge is 2.23. The average Bonchev–Trinajstić information content (AvgIpc) is 2.41. The maximum absolute atomic E-state index is 13.3. The second-order valence-electron chi connectivity index (χ2n) is 4.79. The Morgan fingerprint density at radius 3 is 2.55 bits per heavy atom. The summed E-state index contributed by atoms with van der Waals surface area (Å²) in [5.74, 6) is -3.36. The molecular formula is C13H15FN2O6. The summed E-state index contributed by atoms with van der Waals surface area (Å²) in [7, 11) is 0. The summed E-state index contributed by atoms with van der Waals surface area (Å²) >= 11 is 0. The molecule has 22 heavy (non-hydrogen) atoms. The zero-order chi connectivity index (χ0) is 16.9. The Balaban J connectivity index is 2.63. The first-order valence-corrected chi connectivity index (χ1v) is 6.31. The van der Waals surface area contributed by atoms with Gasteiger partial charge in [-0.1, -0.05) is 13.8 Å². The summed E-state index contributed by atoms with van der Waals surface area (Å²) in [4.78, 5) is 32.1. The van der Waals surface area contributed by atoms with E-state index in [2.05, 4.69) is 5.32 Å². The van der Waals surface area contributed by atoms with Gasteiger partial charge in [-0.3, -0.25) is 14.9 Å². The number of carboxylic acid groups (broad SMARTS) is 1. The number of carbonyl (C=O) groups is 2. The van der Waals surface area contributed by atoms with Gasteiger partial charge in [0.25, 0.3) is 5.91 Å². The van der Waals surface area contributed by atoms with Crippen LogP contribution in [-0.4, -0.2) is 34.6 Å². The summed E-state index contributed by atoms with van der Waals surface area (Å²) in [5.41, 5.74) is -0.706. The fourth-order valence-corrected chi connectivity index (χ4v) is 1.60. The van der Waals surface area contributed by atoms with Crippen LogP contribution in [0.5, 0.6) is 5.75 Å². The summed E-state index contributed by atoms with van der Waals surface area (Å²) < 4.78 is 18.3. The average molecular weight is 314 g/mol. The van der Waals surface area contributed by atoms with Crippen molar-refractivity contribution in [3.05, 3.63) is 34.1 Å². The minimum atomic E-state index is -1.18. The number of benzene rings is 1. The van der Waals surface area contributed by atoms with E-state index in [0.29, 0.717) is 0 Å². The van der Waals surface area contributed by atoms with Crippen LogP contribution in [0.15, 0.2) is 18.2 Å². The molecule has 0 bridgehead atoms. The first-order valence-electron chi connectivity index (χ1n) is 6.31. The third-order valence-electron chi connectivity index (χ3n) is 2.73. The molecule has 0 spiro atoms. The van der Waals surface area contributed by atoms with Gasteiger partial charge in [0.05, 0.1) is 4.92 Å². The highest BCUT2D eigenvalue weighted by atomic mass is 19.1. The van der Waals surface area contributed by atoms with Crippen molar-refractivity contribution in [2.24, 2.45) is 5.92 Å². The van der Waals surface area contributed by atoms with Crippen molar-refractivity contribution in [3.63, 3.8) is 0 Å². The normalized spacial score (nSPS) is 11.8. The number of nitro benzene ring substituents is 1. The van der Waals surface area contributed by atoms with Crippen LogP contribution >= 0.6 is 0 Å². The van der Waals surface area contributed by atoms with E-state index < -0.39 is 41.0 Å². The fraction of sp³-hybridized carbons (Fsp3) is 0.385. The predicted octanol–water partition coefficient (Wildman–Crippen LogP) is 1.34. The van der Waals surface area contributed by atoms with Gasteiger partial charge in [0.2, 0.25) is 5.82 Å². The molecule has 9 heteroatoms. The number of ether oxygens (including phenoxy) is 1. The highest BCUT2D eigenvalue weighted by molar-refractivity contribution is 5.84. The molecule has 0 aliphatic heterocycles. The van der Waals surface area contributed by atoms with Crippen LogP contribution in [-0.2, 0) is 9.59 Å². The molecule has 0 heterocycles. The van der Waals surface area contributed by atoms with Gasteiger partial charge in [-0.25, -0.2) is 4.79 Å². The molecule has 1 aromatic rings. The molecule has 0 fully saturated rings. The van der Waals surface area contributed by atoms with E-state index in [1.165, 1.54) is 0 Å². The number of hydrogen-bond acceptors (Lipinski definition) is 5. The molecule has 0 aliphatic carbocycles. The molecule has 120 valence electrons. The standard InChI is InChI=1S/C13H15FN2O6/c1-7(2)12(13(18)19)15-11(17)6-22-8-3-4-10(16(20)21)9(14)5-8/h3-5,7,12H,6H2,1-2H3,(H,15,17)(H,18,19)/t12-/m0/s1. The molecule has 8 nitrogen and oxygen atoms in total. The summed E-state index contributed by atoms with van der Waals surface area (Å²) in [6, 6.07) is 1.77. The largest absolute Gasteiger partial charge is 0.484 e. The van der Waals surface area contributed by atoms with Crippen LogP contribution in [0.3, 0.4) is 0 Å². The number of carboxylic acids is 1. The molecule has 2 N–H and O–H groups in total. The Hall–Kier alpha value is -2.71. The number of nitrogens with one attached hydrogen (secondary N) is 1. The van der Waals surface area contributed by atoms with Crippen LogP contribution < -0.4 is 10.1 Å². The van der Waals surface area contributed by atoms with Gasteiger partial charge in [0, 0.05) is 12.1 Å². The maximum Gasteiger partial charge on any atom is 0.326 e. The molecule has 0 saturated heterocycles. The molecule has 1 rings (SSSR count). The molecule has 1 aromatic carbocycles. The van der Waals surface area contributed by atoms with E-state index >= 15 is 0 Å². The number of halogens is 1. The molecular weight excluding hydrogens is 299 g/mol. The van der Waals surface area contributed by atoms with Gasteiger partial charge in [-0.15, -0.1) is 0 Å². The number of nitrogens with zero attached hydrogens (tertiary/aromatic N) is 1. The molecule has 0 aromatic heterocycles. The lowest BCUT2D eigenvalue weighted by Crippen LogP contribution is -2.46. The van der Waals surface area contributed by atoms with Crippen molar-refractivity contribution in [1.29, 1.82) is 0 Å². The third-order valence-corrected chi connectivity index (χ3v) is 2.73. The minimum Gasteiger partial charge on any atom is -0.484 e. The summed E-state index contributed by atoms with van der Waals surface area (Å²) in [6.07, 6.45) is 0. The van der Waals surface area contributed by atoms with Crippen LogP contribution in [0.25, 0.3) is 0 Å². The molecule has 0 aliphatic rings. The Bertz CT molecular complexity index is 590. The van der Waals surface area contributed by atoms with E-state index in [4.69, 9.17) is 9.84 Å². The summed E-state index contributed by atoms with van der Waals surface area (Å²) in [6.45, 7) is 2.73. The van der Waals surface area contributed by atoms with Crippen molar-refractivity contribution in [2.45, 2.75) is 19.9 Å². The quantitative estimate of drug-likeness (QED) is 0.579. The predicted molar refractivity (Wildman–Crippen MR) is 73.0 cm³/mol.